The lowest BCUT2D eigenvalue weighted by atomic mass is 10.1. The van der Waals surface area contributed by atoms with Gasteiger partial charge in [-0.15, -0.1) is 0 Å². The van der Waals surface area contributed by atoms with Gasteiger partial charge in [0.15, 0.2) is 22.8 Å². The van der Waals surface area contributed by atoms with E-state index in [1.165, 1.54) is 0 Å². The maximum Gasteiger partial charge on any atom is 0.265 e. The highest BCUT2D eigenvalue weighted by atomic mass is 16.5. The number of ether oxygens (including phenoxy) is 2. The topological polar surface area (TPSA) is 84.1 Å². The van der Waals surface area contributed by atoms with Gasteiger partial charge in [-0.05, 0) is 43.5 Å². The molecule has 0 aliphatic carbocycles. The molecule has 0 spiro atoms. The Bertz CT molecular complexity index is 1600. The molecule has 34 heavy (non-hydrogen) atoms. The molecule has 3 heterocycles. The molecule has 0 fully saturated rings. The Morgan fingerprint density at radius 3 is 2.29 bits per heavy atom. The normalized spacial score (nSPS) is 11.7. The van der Waals surface area contributed by atoms with Gasteiger partial charge in [0, 0.05) is 12.6 Å². The number of hydrogen-bond donors (Lipinski definition) is 0. The summed E-state index contributed by atoms with van der Waals surface area (Å²) in [5.41, 5.74) is 3.78. The SMILES string of the molecule is COc1ccc(-n2c3nc4ccccc4nc3c3c(=O)n(CCC(C)C)c(C)nc32)cc1OC. The molecular formula is C26H27N5O3. The van der Waals surface area contributed by atoms with Gasteiger partial charge in [-0.1, -0.05) is 26.0 Å². The standard InChI is InChI=1S/C26H27N5O3/c1-15(2)12-13-30-16(3)27-24-22(26(30)32)23-25(29-19-9-7-6-8-18(19)28-23)31(24)17-10-11-20(33-4)21(14-17)34-5/h6-11,14-15H,12-13H2,1-5H3. The second-order valence-electron chi connectivity index (χ2n) is 8.76. The van der Waals surface area contributed by atoms with Crippen LogP contribution in [0.15, 0.2) is 47.3 Å². The van der Waals surface area contributed by atoms with Crippen LogP contribution in [0.2, 0.25) is 0 Å². The van der Waals surface area contributed by atoms with E-state index in [1.54, 1.807) is 18.8 Å². The zero-order valence-corrected chi connectivity index (χ0v) is 20.0. The molecule has 5 aromatic rings. The van der Waals surface area contributed by atoms with Gasteiger partial charge in [-0.2, -0.15) is 0 Å². The number of benzene rings is 2. The first-order valence-corrected chi connectivity index (χ1v) is 11.3. The average molecular weight is 458 g/mol. The number of nitrogens with zero attached hydrogens (tertiary/aromatic N) is 5. The minimum absolute atomic E-state index is 0.100. The highest BCUT2D eigenvalue weighted by Gasteiger charge is 2.23. The lowest BCUT2D eigenvalue weighted by Crippen LogP contribution is -2.24. The molecule has 0 amide bonds. The van der Waals surface area contributed by atoms with Crippen LogP contribution >= 0.6 is 0 Å². The zero-order valence-electron chi connectivity index (χ0n) is 20.0. The smallest absolute Gasteiger partial charge is 0.265 e. The molecule has 0 unspecified atom stereocenters. The average Bonchev–Trinajstić information content (AvgIpc) is 3.14. The van der Waals surface area contributed by atoms with E-state index in [1.807, 2.05) is 54.0 Å². The third kappa shape index (κ3) is 3.46. The van der Waals surface area contributed by atoms with Crippen molar-refractivity contribution < 1.29 is 9.47 Å². The van der Waals surface area contributed by atoms with Gasteiger partial charge in [-0.25, -0.2) is 15.0 Å². The van der Waals surface area contributed by atoms with E-state index >= 15 is 0 Å². The highest BCUT2D eigenvalue weighted by molar-refractivity contribution is 6.05. The second kappa shape index (κ2) is 8.44. The molecule has 0 aliphatic heterocycles. The molecular weight excluding hydrogens is 430 g/mol. The molecule has 8 heteroatoms. The Balaban J connectivity index is 1.90. The van der Waals surface area contributed by atoms with Gasteiger partial charge in [-0.3, -0.25) is 13.9 Å². The summed E-state index contributed by atoms with van der Waals surface area (Å²) < 4.78 is 14.6. The van der Waals surface area contributed by atoms with Crippen molar-refractivity contribution in [2.45, 2.75) is 33.7 Å². The van der Waals surface area contributed by atoms with Crippen LogP contribution in [-0.4, -0.2) is 38.3 Å². The molecule has 3 aromatic heterocycles. The maximum atomic E-state index is 13.8. The Labute approximate surface area is 196 Å². The number of fused-ring (bicyclic) bond motifs is 4. The quantitative estimate of drug-likeness (QED) is 0.369. The molecule has 0 saturated heterocycles. The Kier molecular flexibility index (Phi) is 5.43. The minimum Gasteiger partial charge on any atom is -0.493 e. The Morgan fingerprint density at radius 2 is 1.62 bits per heavy atom. The fraction of sp³-hybridized carbons (Fsp3) is 0.308. The van der Waals surface area contributed by atoms with Crippen LogP contribution in [0.1, 0.15) is 26.1 Å². The van der Waals surface area contributed by atoms with Crippen molar-refractivity contribution >= 4 is 33.2 Å². The van der Waals surface area contributed by atoms with Crippen molar-refractivity contribution in [3.05, 3.63) is 58.6 Å². The van der Waals surface area contributed by atoms with E-state index in [4.69, 9.17) is 24.4 Å². The van der Waals surface area contributed by atoms with E-state index < -0.39 is 0 Å². The minimum atomic E-state index is -0.100. The summed E-state index contributed by atoms with van der Waals surface area (Å²) in [6.45, 7) is 6.77. The predicted molar refractivity (Wildman–Crippen MR) is 133 cm³/mol. The molecule has 0 N–H and O–H groups in total. The third-order valence-electron chi connectivity index (χ3n) is 6.11. The number of rotatable bonds is 6. The molecule has 0 atom stereocenters. The second-order valence-corrected chi connectivity index (χ2v) is 8.76. The molecule has 8 nitrogen and oxygen atoms in total. The van der Waals surface area contributed by atoms with Crippen LogP contribution in [0.4, 0.5) is 0 Å². The summed E-state index contributed by atoms with van der Waals surface area (Å²) in [6, 6.07) is 13.2. The summed E-state index contributed by atoms with van der Waals surface area (Å²) >= 11 is 0. The molecule has 2 aromatic carbocycles. The van der Waals surface area contributed by atoms with Gasteiger partial charge in [0.2, 0.25) is 0 Å². The van der Waals surface area contributed by atoms with Gasteiger partial charge < -0.3 is 9.47 Å². The highest BCUT2D eigenvalue weighted by Crippen LogP contribution is 2.33. The third-order valence-corrected chi connectivity index (χ3v) is 6.11. The fourth-order valence-corrected chi connectivity index (χ4v) is 4.29. The molecule has 5 rings (SSSR count). The van der Waals surface area contributed by atoms with E-state index in [0.29, 0.717) is 52.0 Å². The van der Waals surface area contributed by atoms with Crippen LogP contribution in [0.5, 0.6) is 11.5 Å². The maximum absolute atomic E-state index is 13.8. The van der Waals surface area contributed by atoms with E-state index in [0.717, 1.165) is 23.1 Å². The number of aromatic nitrogens is 5. The van der Waals surface area contributed by atoms with Crippen LogP contribution in [0.25, 0.3) is 38.9 Å². The molecule has 0 saturated carbocycles. The van der Waals surface area contributed by atoms with Crippen LogP contribution in [-0.2, 0) is 6.54 Å². The van der Waals surface area contributed by atoms with Crippen molar-refractivity contribution in [2.24, 2.45) is 5.92 Å². The summed E-state index contributed by atoms with van der Waals surface area (Å²) in [7, 11) is 3.19. The number of hydrogen-bond acceptors (Lipinski definition) is 6. The van der Waals surface area contributed by atoms with E-state index in [-0.39, 0.29) is 5.56 Å². The van der Waals surface area contributed by atoms with Crippen LogP contribution in [0, 0.1) is 12.8 Å². The summed E-state index contributed by atoms with van der Waals surface area (Å²) in [4.78, 5) is 28.4. The summed E-state index contributed by atoms with van der Waals surface area (Å²) in [6.07, 6.45) is 0.886. The van der Waals surface area contributed by atoms with Crippen LogP contribution in [0.3, 0.4) is 0 Å². The van der Waals surface area contributed by atoms with Crippen molar-refractivity contribution in [2.75, 3.05) is 14.2 Å². The van der Waals surface area contributed by atoms with Crippen molar-refractivity contribution in [1.82, 2.24) is 24.1 Å². The van der Waals surface area contributed by atoms with Crippen LogP contribution < -0.4 is 15.0 Å². The Hall–Kier alpha value is -3.94. The van der Waals surface area contributed by atoms with E-state index in [2.05, 4.69) is 13.8 Å². The molecule has 0 bridgehead atoms. The zero-order chi connectivity index (χ0) is 24.0. The van der Waals surface area contributed by atoms with Gasteiger partial charge in [0.25, 0.3) is 5.56 Å². The lowest BCUT2D eigenvalue weighted by molar-refractivity contribution is 0.355. The molecule has 0 aliphatic rings. The van der Waals surface area contributed by atoms with Crippen molar-refractivity contribution in [3.8, 4) is 17.2 Å². The fourth-order valence-electron chi connectivity index (χ4n) is 4.29. The van der Waals surface area contributed by atoms with Gasteiger partial charge >= 0.3 is 0 Å². The monoisotopic (exact) mass is 457 g/mol. The first kappa shape index (κ1) is 21.9. The van der Waals surface area contributed by atoms with Gasteiger partial charge in [0.05, 0.1) is 30.9 Å². The predicted octanol–water partition coefficient (Wildman–Crippen LogP) is 4.66. The lowest BCUT2D eigenvalue weighted by Gasteiger charge is -2.13. The number of aryl methyl sites for hydroxylation is 1. The van der Waals surface area contributed by atoms with Crippen molar-refractivity contribution in [1.29, 1.82) is 0 Å². The van der Waals surface area contributed by atoms with Gasteiger partial charge in [0.1, 0.15) is 16.7 Å². The Morgan fingerprint density at radius 1 is 0.912 bits per heavy atom. The van der Waals surface area contributed by atoms with E-state index in [9.17, 15) is 4.79 Å². The largest absolute Gasteiger partial charge is 0.493 e. The first-order valence-electron chi connectivity index (χ1n) is 11.3. The molecule has 0 radical (unpaired) electrons. The number of para-hydroxylation sites is 2. The van der Waals surface area contributed by atoms with Crippen molar-refractivity contribution in [3.63, 3.8) is 0 Å². The molecule has 174 valence electrons. The summed E-state index contributed by atoms with van der Waals surface area (Å²) in [5, 5.41) is 0.470. The first-order chi connectivity index (χ1) is 16.4. The summed E-state index contributed by atoms with van der Waals surface area (Å²) in [5.74, 6) is 2.32. The number of methoxy groups -OCH3 is 2.